The predicted molar refractivity (Wildman–Crippen MR) is 114 cm³/mol. The van der Waals surface area contributed by atoms with E-state index >= 15 is 0 Å². The minimum absolute atomic E-state index is 0.0461. The van der Waals surface area contributed by atoms with Gasteiger partial charge in [0.1, 0.15) is 11.6 Å². The van der Waals surface area contributed by atoms with Gasteiger partial charge in [-0.05, 0) is 48.0 Å². The zero-order chi connectivity index (χ0) is 22.4. The highest BCUT2D eigenvalue weighted by Crippen LogP contribution is 2.48. The number of amides is 2. The smallest absolute Gasteiger partial charge is 0.261 e. The molecule has 0 saturated carbocycles. The summed E-state index contributed by atoms with van der Waals surface area (Å²) in [6.07, 6.45) is 0. The quantitative estimate of drug-likeness (QED) is 0.685. The van der Waals surface area contributed by atoms with Gasteiger partial charge < -0.3 is 14.9 Å². The summed E-state index contributed by atoms with van der Waals surface area (Å²) in [7, 11) is 0. The van der Waals surface area contributed by atoms with E-state index in [0.29, 0.717) is 11.3 Å². The van der Waals surface area contributed by atoms with Crippen molar-refractivity contribution in [3.8, 4) is 0 Å². The van der Waals surface area contributed by atoms with Crippen molar-refractivity contribution < 1.29 is 23.5 Å². The number of likely N-dealkylation sites (tertiary alicyclic amines) is 1. The molecule has 3 atom stereocenters. The second-order valence-corrected chi connectivity index (χ2v) is 8.02. The minimum Gasteiger partial charge on any atom is -0.394 e. The van der Waals surface area contributed by atoms with E-state index in [-0.39, 0.29) is 30.5 Å². The molecule has 32 heavy (non-hydrogen) atoms. The van der Waals surface area contributed by atoms with Crippen LogP contribution in [0.1, 0.15) is 32.2 Å². The number of anilines is 1. The van der Waals surface area contributed by atoms with Gasteiger partial charge in [-0.1, -0.05) is 30.3 Å². The molecule has 2 heterocycles. The number of rotatable bonds is 3. The Morgan fingerprint density at radius 1 is 0.906 bits per heavy atom. The molecule has 0 unspecified atom stereocenters. The summed E-state index contributed by atoms with van der Waals surface area (Å²) in [6.45, 7) is -0.0814. The van der Waals surface area contributed by atoms with E-state index in [1.807, 2.05) is 12.1 Å². The molecule has 2 aliphatic rings. The summed E-state index contributed by atoms with van der Waals surface area (Å²) in [5.41, 5.74) is 1.73. The SMILES string of the molecule is O=C(c1ccccc1F)N1C[C@H]2[C@@H](c3ccccc31)[C@H](CO)N2C(=O)c1ccc(F)cc1. The van der Waals surface area contributed by atoms with Crippen LogP contribution in [0.5, 0.6) is 0 Å². The summed E-state index contributed by atoms with van der Waals surface area (Å²) >= 11 is 0. The molecule has 3 aromatic carbocycles. The van der Waals surface area contributed by atoms with E-state index in [9.17, 15) is 23.5 Å². The zero-order valence-corrected chi connectivity index (χ0v) is 17.0. The predicted octanol–water partition coefficient (Wildman–Crippen LogP) is 3.59. The monoisotopic (exact) mass is 434 g/mol. The van der Waals surface area contributed by atoms with E-state index in [4.69, 9.17) is 0 Å². The van der Waals surface area contributed by atoms with Gasteiger partial charge in [-0.2, -0.15) is 0 Å². The van der Waals surface area contributed by atoms with E-state index in [1.54, 1.807) is 23.1 Å². The molecule has 0 spiro atoms. The molecule has 0 aliphatic carbocycles. The molecule has 1 fully saturated rings. The van der Waals surface area contributed by atoms with Gasteiger partial charge in [0.15, 0.2) is 0 Å². The van der Waals surface area contributed by atoms with Gasteiger partial charge in [0.25, 0.3) is 11.8 Å². The standard InChI is InChI=1S/C25H20F2N2O3/c26-16-11-9-15(10-12-16)24(31)29-21-13-28(25(32)17-5-1-3-7-19(17)27)20-8-4-2-6-18(20)23(21)22(29)14-30/h1-12,21-23,30H,13-14H2/t21-,22-,23+/m0/s1. The van der Waals surface area contributed by atoms with Crippen molar-refractivity contribution in [1.29, 1.82) is 0 Å². The number of halogens is 2. The molecule has 2 aliphatic heterocycles. The number of carbonyl (C=O) groups is 2. The maximum Gasteiger partial charge on any atom is 0.261 e. The fourth-order valence-electron chi connectivity index (χ4n) is 4.88. The Labute approximate surface area is 183 Å². The highest BCUT2D eigenvalue weighted by atomic mass is 19.1. The molecule has 5 rings (SSSR count). The lowest BCUT2D eigenvalue weighted by Gasteiger charge is -2.58. The number of aliphatic hydroxyl groups excluding tert-OH is 1. The van der Waals surface area contributed by atoms with Crippen LogP contribution in [-0.2, 0) is 0 Å². The lowest BCUT2D eigenvalue weighted by atomic mass is 9.71. The fourth-order valence-corrected chi connectivity index (χ4v) is 4.88. The van der Waals surface area contributed by atoms with Gasteiger partial charge in [-0.15, -0.1) is 0 Å². The lowest BCUT2D eigenvalue weighted by molar-refractivity contribution is -0.0246. The van der Waals surface area contributed by atoms with Gasteiger partial charge in [0.05, 0.1) is 24.3 Å². The Kier molecular flexibility index (Phi) is 4.98. The Morgan fingerprint density at radius 3 is 2.31 bits per heavy atom. The number of hydrogen-bond donors (Lipinski definition) is 1. The molecular formula is C25H20F2N2O3. The van der Waals surface area contributed by atoms with Crippen LogP contribution in [0.15, 0.2) is 72.8 Å². The topological polar surface area (TPSA) is 60.9 Å². The minimum atomic E-state index is -0.613. The third-order valence-electron chi connectivity index (χ3n) is 6.36. The average Bonchev–Trinajstić information content (AvgIpc) is 2.79. The molecular weight excluding hydrogens is 414 g/mol. The first kappa shape index (κ1) is 20.3. The van der Waals surface area contributed by atoms with Gasteiger partial charge in [0, 0.05) is 23.7 Å². The number of para-hydroxylation sites is 1. The van der Waals surface area contributed by atoms with Crippen LogP contribution in [0.25, 0.3) is 0 Å². The number of fused-ring (bicyclic) bond motifs is 3. The Morgan fingerprint density at radius 2 is 1.59 bits per heavy atom. The first-order chi connectivity index (χ1) is 15.5. The largest absolute Gasteiger partial charge is 0.394 e. The molecule has 1 saturated heterocycles. The first-order valence-corrected chi connectivity index (χ1v) is 10.4. The Bertz CT molecular complexity index is 1200. The van der Waals surface area contributed by atoms with Crippen molar-refractivity contribution in [1.82, 2.24) is 4.90 Å². The summed E-state index contributed by atoms with van der Waals surface area (Å²) in [5.74, 6) is -2.06. The van der Waals surface area contributed by atoms with Crippen molar-refractivity contribution in [2.45, 2.75) is 18.0 Å². The number of aliphatic hydroxyl groups is 1. The van der Waals surface area contributed by atoms with E-state index in [1.165, 1.54) is 47.4 Å². The highest BCUT2D eigenvalue weighted by molar-refractivity contribution is 6.07. The molecule has 7 heteroatoms. The summed E-state index contributed by atoms with van der Waals surface area (Å²) < 4.78 is 27.7. The highest BCUT2D eigenvalue weighted by Gasteiger charge is 2.55. The van der Waals surface area contributed by atoms with Crippen molar-refractivity contribution >= 4 is 17.5 Å². The molecule has 2 amide bonds. The van der Waals surface area contributed by atoms with Crippen molar-refractivity contribution in [3.63, 3.8) is 0 Å². The van der Waals surface area contributed by atoms with Crippen LogP contribution in [0, 0.1) is 11.6 Å². The van der Waals surface area contributed by atoms with Crippen LogP contribution in [0.3, 0.4) is 0 Å². The second-order valence-electron chi connectivity index (χ2n) is 8.02. The number of hydrogen-bond acceptors (Lipinski definition) is 3. The van der Waals surface area contributed by atoms with Crippen molar-refractivity contribution in [2.24, 2.45) is 0 Å². The van der Waals surface area contributed by atoms with Gasteiger partial charge in [0.2, 0.25) is 0 Å². The number of carbonyl (C=O) groups excluding carboxylic acids is 2. The van der Waals surface area contributed by atoms with Crippen LogP contribution in [0.4, 0.5) is 14.5 Å². The van der Waals surface area contributed by atoms with Gasteiger partial charge in [-0.3, -0.25) is 9.59 Å². The molecule has 1 N–H and O–H groups in total. The van der Waals surface area contributed by atoms with Crippen LogP contribution in [0.2, 0.25) is 0 Å². The van der Waals surface area contributed by atoms with Crippen LogP contribution < -0.4 is 4.90 Å². The number of benzene rings is 3. The number of nitrogens with zero attached hydrogens (tertiary/aromatic N) is 2. The maximum atomic E-state index is 14.4. The van der Waals surface area contributed by atoms with Gasteiger partial charge in [-0.25, -0.2) is 8.78 Å². The van der Waals surface area contributed by atoms with E-state index < -0.39 is 29.6 Å². The second kappa shape index (κ2) is 7.84. The maximum absolute atomic E-state index is 14.4. The molecule has 0 aromatic heterocycles. The van der Waals surface area contributed by atoms with Crippen molar-refractivity contribution in [3.05, 3.63) is 101 Å². The summed E-state index contributed by atoms with van der Waals surface area (Å²) in [5, 5.41) is 10.1. The van der Waals surface area contributed by atoms with Crippen molar-refractivity contribution in [2.75, 3.05) is 18.1 Å². The lowest BCUT2D eigenvalue weighted by Crippen LogP contribution is -2.70. The molecule has 0 radical (unpaired) electrons. The molecule has 162 valence electrons. The molecule has 0 bridgehead atoms. The zero-order valence-electron chi connectivity index (χ0n) is 17.0. The Hall–Kier alpha value is -3.58. The van der Waals surface area contributed by atoms with Crippen LogP contribution in [-0.4, -0.2) is 47.1 Å². The van der Waals surface area contributed by atoms with Gasteiger partial charge >= 0.3 is 0 Å². The summed E-state index contributed by atoms with van der Waals surface area (Å²) in [4.78, 5) is 29.5. The van der Waals surface area contributed by atoms with E-state index in [2.05, 4.69) is 0 Å². The Balaban J connectivity index is 1.54. The van der Waals surface area contributed by atoms with Crippen LogP contribution >= 0.6 is 0 Å². The van der Waals surface area contributed by atoms with E-state index in [0.717, 1.165) is 5.56 Å². The third kappa shape index (κ3) is 3.08. The first-order valence-electron chi connectivity index (χ1n) is 10.4. The fraction of sp³-hybridized carbons (Fsp3) is 0.200. The molecule has 3 aromatic rings. The summed E-state index contributed by atoms with van der Waals surface area (Å²) in [6, 6.07) is 17.5. The third-order valence-corrected chi connectivity index (χ3v) is 6.36. The average molecular weight is 434 g/mol. The molecule has 5 nitrogen and oxygen atoms in total. The normalized spacial score (nSPS) is 21.4.